The number of pyridine rings is 1. The Morgan fingerprint density at radius 3 is 2.61 bits per heavy atom. The van der Waals surface area contributed by atoms with Crippen molar-refractivity contribution in [3.05, 3.63) is 40.9 Å². The summed E-state index contributed by atoms with van der Waals surface area (Å²) in [6.07, 6.45) is 1.80. The zero-order valence-electron chi connectivity index (χ0n) is 15.5. The normalized spacial score (nSPS) is 15.7. The lowest BCUT2D eigenvalue weighted by Crippen LogP contribution is -2.53. The fraction of sp³-hybridized carbons (Fsp3) is 0.412. The van der Waals surface area contributed by atoms with Gasteiger partial charge in [-0.05, 0) is 24.3 Å². The molecule has 2 N–H and O–H groups in total. The third-order valence-electron chi connectivity index (χ3n) is 4.28. The van der Waals surface area contributed by atoms with Crippen molar-refractivity contribution in [2.45, 2.75) is 4.21 Å². The highest BCUT2D eigenvalue weighted by Gasteiger charge is 2.20. The zero-order valence-corrected chi connectivity index (χ0v) is 17.9. The molecule has 8 nitrogen and oxygen atoms in total. The van der Waals surface area contributed by atoms with Crippen LogP contribution in [0.15, 0.2) is 45.7 Å². The van der Waals surface area contributed by atoms with Gasteiger partial charge in [-0.3, -0.25) is 4.99 Å². The molecular weight excluding hydrogens is 420 g/mol. The summed E-state index contributed by atoms with van der Waals surface area (Å²) in [5.74, 6) is 1.74. The number of rotatable bonds is 6. The summed E-state index contributed by atoms with van der Waals surface area (Å²) < 4.78 is 27.6. The molecule has 0 saturated carbocycles. The smallest absolute Gasteiger partial charge is 0.250 e. The maximum absolute atomic E-state index is 12.2. The number of aliphatic imine (C=N–C) groups is 1. The average Bonchev–Trinajstić information content (AvgIpc) is 3.16. The highest BCUT2D eigenvalue weighted by Crippen LogP contribution is 2.25. The maximum atomic E-state index is 12.2. The molecule has 0 atom stereocenters. The second-order valence-electron chi connectivity index (χ2n) is 6.09. The summed E-state index contributed by atoms with van der Waals surface area (Å²) in [6, 6.07) is 8.98. The zero-order chi connectivity index (χ0) is 20.0. The van der Waals surface area contributed by atoms with Gasteiger partial charge in [-0.15, -0.1) is 11.3 Å². The third kappa shape index (κ3) is 5.34. The van der Waals surface area contributed by atoms with Crippen molar-refractivity contribution in [2.75, 3.05) is 51.2 Å². The molecule has 28 heavy (non-hydrogen) atoms. The number of halogens is 1. The number of nitrogens with zero attached hydrogens (tertiary/aromatic N) is 4. The fourth-order valence-corrected chi connectivity index (χ4v) is 5.45. The molecule has 0 unspecified atom stereocenters. The molecule has 152 valence electrons. The molecule has 0 spiro atoms. The van der Waals surface area contributed by atoms with E-state index in [1.807, 2.05) is 18.2 Å². The molecule has 2 aromatic rings. The highest BCUT2D eigenvalue weighted by atomic mass is 35.5. The van der Waals surface area contributed by atoms with Gasteiger partial charge in [0.25, 0.3) is 0 Å². The van der Waals surface area contributed by atoms with Crippen LogP contribution in [-0.4, -0.2) is 70.6 Å². The van der Waals surface area contributed by atoms with Gasteiger partial charge in [0.1, 0.15) is 10.0 Å². The number of sulfonamides is 1. The number of guanidine groups is 1. The minimum absolute atomic E-state index is 0.215. The summed E-state index contributed by atoms with van der Waals surface area (Å²) in [6.45, 7) is 4.02. The van der Waals surface area contributed by atoms with E-state index in [2.05, 4.69) is 29.8 Å². The van der Waals surface area contributed by atoms with Gasteiger partial charge in [-0.25, -0.2) is 18.1 Å². The van der Waals surface area contributed by atoms with Crippen LogP contribution in [0.4, 0.5) is 5.82 Å². The Balaban J connectivity index is 1.44. The molecule has 1 aliphatic rings. The van der Waals surface area contributed by atoms with E-state index in [-0.39, 0.29) is 10.8 Å². The van der Waals surface area contributed by atoms with Crippen LogP contribution >= 0.6 is 22.9 Å². The van der Waals surface area contributed by atoms with Gasteiger partial charge in [0.15, 0.2) is 5.96 Å². The summed E-state index contributed by atoms with van der Waals surface area (Å²) in [5, 5.41) is 3.22. The van der Waals surface area contributed by atoms with Crippen LogP contribution in [0.1, 0.15) is 0 Å². The molecule has 2 aromatic heterocycles. The van der Waals surface area contributed by atoms with Gasteiger partial charge in [-0.1, -0.05) is 17.7 Å². The van der Waals surface area contributed by atoms with Crippen molar-refractivity contribution in [3.63, 3.8) is 0 Å². The highest BCUT2D eigenvalue weighted by molar-refractivity contribution is 7.91. The first kappa shape index (κ1) is 20.8. The standard InChI is InChI=1S/C17H23ClN6O2S2/c1-19-17(21-8-9-22-28(25,26)16-6-5-14(18)27-16)24-12-10-23(11-13-24)15-4-2-3-7-20-15/h2-7,22H,8-13H2,1H3,(H,19,21). The number of hydrogen-bond acceptors (Lipinski definition) is 6. The Hall–Kier alpha value is -1.88. The van der Waals surface area contributed by atoms with Gasteiger partial charge in [0.05, 0.1) is 4.34 Å². The van der Waals surface area contributed by atoms with Crippen molar-refractivity contribution in [1.82, 2.24) is 19.9 Å². The van der Waals surface area contributed by atoms with E-state index in [0.29, 0.717) is 10.9 Å². The van der Waals surface area contributed by atoms with E-state index in [0.717, 1.165) is 49.3 Å². The second kappa shape index (κ2) is 9.55. The predicted molar refractivity (Wildman–Crippen MR) is 114 cm³/mol. The minimum atomic E-state index is -3.53. The van der Waals surface area contributed by atoms with Crippen molar-refractivity contribution in [1.29, 1.82) is 0 Å². The number of aromatic nitrogens is 1. The van der Waals surface area contributed by atoms with Crippen LogP contribution in [0.3, 0.4) is 0 Å². The lowest BCUT2D eigenvalue weighted by Gasteiger charge is -2.37. The second-order valence-corrected chi connectivity index (χ2v) is 9.80. The SMILES string of the molecule is CN=C(NCCNS(=O)(=O)c1ccc(Cl)s1)N1CCN(c2ccccn2)CC1. The summed E-state index contributed by atoms with van der Waals surface area (Å²) in [7, 11) is -1.80. The third-order valence-corrected chi connectivity index (χ3v) is 7.46. The van der Waals surface area contributed by atoms with Crippen molar-refractivity contribution in [3.8, 4) is 0 Å². The van der Waals surface area contributed by atoms with E-state index in [1.54, 1.807) is 19.3 Å². The van der Waals surface area contributed by atoms with Crippen molar-refractivity contribution >= 4 is 44.7 Å². The predicted octanol–water partition coefficient (Wildman–Crippen LogP) is 1.47. The Labute approximate surface area is 174 Å². The Morgan fingerprint density at radius 1 is 1.21 bits per heavy atom. The minimum Gasteiger partial charge on any atom is -0.355 e. The maximum Gasteiger partial charge on any atom is 0.250 e. The van der Waals surface area contributed by atoms with Crippen LogP contribution in [-0.2, 0) is 10.0 Å². The lowest BCUT2D eigenvalue weighted by atomic mass is 10.3. The van der Waals surface area contributed by atoms with Gasteiger partial charge >= 0.3 is 0 Å². The first-order valence-electron chi connectivity index (χ1n) is 8.86. The number of piperazine rings is 1. The van der Waals surface area contributed by atoms with Crippen LogP contribution in [0.5, 0.6) is 0 Å². The molecule has 0 bridgehead atoms. The lowest BCUT2D eigenvalue weighted by molar-refractivity contribution is 0.372. The largest absolute Gasteiger partial charge is 0.355 e. The molecule has 0 aromatic carbocycles. The molecule has 0 radical (unpaired) electrons. The molecule has 0 amide bonds. The molecular formula is C17H23ClN6O2S2. The van der Waals surface area contributed by atoms with Crippen molar-refractivity contribution in [2.24, 2.45) is 4.99 Å². The molecule has 3 rings (SSSR count). The number of nitrogens with one attached hydrogen (secondary N) is 2. The van der Waals surface area contributed by atoms with Gasteiger partial charge in [0.2, 0.25) is 10.0 Å². The summed E-state index contributed by atoms with van der Waals surface area (Å²) in [4.78, 5) is 13.1. The molecule has 1 saturated heterocycles. The van der Waals surface area contributed by atoms with E-state index in [1.165, 1.54) is 6.07 Å². The molecule has 1 fully saturated rings. The molecule has 1 aliphatic heterocycles. The topological polar surface area (TPSA) is 89.9 Å². The van der Waals surface area contributed by atoms with Gasteiger partial charge in [0, 0.05) is 52.5 Å². The first-order valence-corrected chi connectivity index (χ1v) is 11.5. The molecule has 0 aliphatic carbocycles. The van der Waals surface area contributed by atoms with Gasteiger partial charge < -0.3 is 15.1 Å². The fourth-order valence-electron chi connectivity index (χ4n) is 2.89. The molecule has 11 heteroatoms. The number of thiophene rings is 1. The van der Waals surface area contributed by atoms with Crippen molar-refractivity contribution < 1.29 is 8.42 Å². The Kier molecular flexibility index (Phi) is 7.11. The van der Waals surface area contributed by atoms with E-state index < -0.39 is 10.0 Å². The van der Waals surface area contributed by atoms with E-state index in [9.17, 15) is 8.42 Å². The Bertz CT molecular complexity index is 895. The summed E-state index contributed by atoms with van der Waals surface area (Å²) in [5.41, 5.74) is 0. The van der Waals surface area contributed by atoms with Crippen LogP contribution in [0, 0.1) is 0 Å². The summed E-state index contributed by atoms with van der Waals surface area (Å²) >= 11 is 6.85. The van der Waals surface area contributed by atoms with Crippen LogP contribution < -0.4 is 14.9 Å². The van der Waals surface area contributed by atoms with E-state index in [4.69, 9.17) is 11.6 Å². The monoisotopic (exact) mass is 442 g/mol. The number of hydrogen-bond donors (Lipinski definition) is 2. The Morgan fingerprint density at radius 2 is 2.00 bits per heavy atom. The average molecular weight is 443 g/mol. The quantitative estimate of drug-likeness (QED) is 0.400. The van der Waals surface area contributed by atoms with Gasteiger partial charge in [-0.2, -0.15) is 0 Å². The number of anilines is 1. The van der Waals surface area contributed by atoms with E-state index >= 15 is 0 Å². The van der Waals surface area contributed by atoms with Crippen LogP contribution in [0.2, 0.25) is 4.34 Å². The van der Waals surface area contributed by atoms with Crippen LogP contribution in [0.25, 0.3) is 0 Å². The molecule has 3 heterocycles. The first-order chi connectivity index (χ1) is 13.5.